The van der Waals surface area contributed by atoms with Crippen molar-refractivity contribution in [3.8, 4) is 0 Å². The lowest BCUT2D eigenvalue weighted by molar-refractivity contribution is 0.0952. The summed E-state index contributed by atoms with van der Waals surface area (Å²) in [5.41, 5.74) is 1.57. The van der Waals surface area contributed by atoms with E-state index in [-0.39, 0.29) is 5.91 Å². The van der Waals surface area contributed by atoms with E-state index in [2.05, 4.69) is 10.6 Å². The molecular weight excluding hydrogens is 244 g/mol. The number of benzene rings is 1. The van der Waals surface area contributed by atoms with Crippen LogP contribution in [0.4, 0.5) is 5.69 Å². The van der Waals surface area contributed by atoms with Gasteiger partial charge in [-0.2, -0.15) is 0 Å². The zero-order valence-corrected chi connectivity index (χ0v) is 11.1. The minimum absolute atomic E-state index is 0.0417. The van der Waals surface area contributed by atoms with E-state index < -0.39 is 0 Å². The highest BCUT2D eigenvalue weighted by Gasteiger charge is 2.09. The molecule has 2 aromatic rings. The Morgan fingerprint density at radius 3 is 2.78 bits per heavy atom. The summed E-state index contributed by atoms with van der Waals surface area (Å²) in [4.78, 5) is 13.2. The average Bonchev–Trinajstić information content (AvgIpc) is 2.90. The van der Waals surface area contributed by atoms with E-state index >= 15 is 0 Å². The van der Waals surface area contributed by atoms with Crippen LogP contribution in [0.15, 0.2) is 41.8 Å². The van der Waals surface area contributed by atoms with E-state index in [9.17, 15) is 4.79 Å². The number of nitrogens with one attached hydrogen (secondary N) is 2. The van der Waals surface area contributed by atoms with Crippen LogP contribution in [0, 0.1) is 0 Å². The summed E-state index contributed by atoms with van der Waals surface area (Å²) in [5, 5.41) is 8.13. The quantitative estimate of drug-likeness (QED) is 0.867. The molecular formula is C14H16N2OS. The van der Waals surface area contributed by atoms with Crippen LogP contribution >= 0.6 is 11.3 Å². The summed E-state index contributed by atoms with van der Waals surface area (Å²) in [7, 11) is 0. The van der Waals surface area contributed by atoms with Gasteiger partial charge in [-0.25, -0.2) is 0 Å². The molecule has 0 aliphatic heterocycles. The summed E-state index contributed by atoms with van der Waals surface area (Å²) in [6.45, 7) is 3.40. The van der Waals surface area contributed by atoms with Crippen LogP contribution in [0.25, 0.3) is 0 Å². The summed E-state index contributed by atoms with van der Waals surface area (Å²) >= 11 is 1.64. The number of hydrogen-bond donors (Lipinski definition) is 2. The monoisotopic (exact) mass is 260 g/mol. The molecule has 3 nitrogen and oxygen atoms in total. The molecule has 0 saturated carbocycles. The third kappa shape index (κ3) is 3.11. The van der Waals surface area contributed by atoms with Crippen LogP contribution in [-0.2, 0) is 6.54 Å². The highest BCUT2D eigenvalue weighted by Crippen LogP contribution is 2.15. The Balaban J connectivity index is 2.04. The predicted octanol–water partition coefficient (Wildman–Crippen LogP) is 3.11. The van der Waals surface area contributed by atoms with Gasteiger partial charge < -0.3 is 10.6 Å². The number of thiophene rings is 1. The smallest absolute Gasteiger partial charge is 0.253 e. The molecule has 0 aliphatic carbocycles. The molecule has 94 valence electrons. The number of amides is 1. The van der Waals surface area contributed by atoms with Crippen LogP contribution in [0.1, 0.15) is 22.2 Å². The van der Waals surface area contributed by atoms with Crippen LogP contribution < -0.4 is 10.6 Å². The lowest BCUT2D eigenvalue weighted by Crippen LogP contribution is -2.23. The Morgan fingerprint density at radius 2 is 2.06 bits per heavy atom. The molecule has 0 atom stereocenters. The summed E-state index contributed by atoms with van der Waals surface area (Å²) in [6.07, 6.45) is 0. The maximum atomic E-state index is 12.1. The van der Waals surface area contributed by atoms with Gasteiger partial charge in [0.2, 0.25) is 0 Å². The molecule has 0 unspecified atom stereocenters. The molecule has 0 spiro atoms. The molecule has 0 aliphatic rings. The van der Waals surface area contributed by atoms with Gasteiger partial charge in [-0.05, 0) is 30.5 Å². The lowest BCUT2D eigenvalue weighted by atomic mass is 10.1. The Labute approximate surface area is 111 Å². The molecule has 2 N–H and O–H groups in total. The number of carbonyl (C=O) groups is 1. The standard InChI is InChI=1S/C14H16N2OS/c1-2-15-13-8-4-3-7-12(13)14(17)16-10-11-6-5-9-18-11/h3-9,15H,2,10H2,1H3,(H,16,17). The van der Waals surface area contributed by atoms with Gasteiger partial charge in [0.15, 0.2) is 0 Å². The van der Waals surface area contributed by atoms with E-state index in [1.54, 1.807) is 11.3 Å². The summed E-state index contributed by atoms with van der Waals surface area (Å²) in [6, 6.07) is 11.6. The number of rotatable bonds is 5. The Morgan fingerprint density at radius 1 is 1.22 bits per heavy atom. The first-order valence-electron chi connectivity index (χ1n) is 5.94. The third-order valence-electron chi connectivity index (χ3n) is 2.54. The highest BCUT2D eigenvalue weighted by molar-refractivity contribution is 7.09. The molecule has 1 heterocycles. The maximum Gasteiger partial charge on any atom is 0.253 e. The van der Waals surface area contributed by atoms with Gasteiger partial charge in [0, 0.05) is 17.1 Å². The summed E-state index contributed by atoms with van der Waals surface area (Å²) < 4.78 is 0. The molecule has 4 heteroatoms. The minimum atomic E-state index is -0.0417. The zero-order chi connectivity index (χ0) is 12.8. The van der Waals surface area contributed by atoms with Crippen LogP contribution in [-0.4, -0.2) is 12.5 Å². The second-order valence-corrected chi connectivity index (χ2v) is 4.87. The molecule has 1 aromatic carbocycles. The van der Waals surface area contributed by atoms with Gasteiger partial charge in [-0.3, -0.25) is 4.79 Å². The highest BCUT2D eigenvalue weighted by atomic mass is 32.1. The van der Waals surface area contributed by atoms with Gasteiger partial charge in [-0.15, -0.1) is 11.3 Å². The van der Waals surface area contributed by atoms with Gasteiger partial charge in [0.1, 0.15) is 0 Å². The molecule has 0 saturated heterocycles. The fourth-order valence-corrected chi connectivity index (χ4v) is 2.35. The van der Waals surface area contributed by atoms with Crippen molar-refractivity contribution in [1.82, 2.24) is 5.32 Å². The van der Waals surface area contributed by atoms with Crippen LogP contribution in [0.2, 0.25) is 0 Å². The van der Waals surface area contributed by atoms with Crippen molar-refractivity contribution in [3.63, 3.8) is 0 Å². The van der Waals surface area contributed by atoms with E-state index in [4.69, 9.17) is 0 Å². The predicted molar refractivity (Wildman–Crippen MR) is 76.1 cm³/mol. The largest absolute Gasteiger partial charge is 0.385 e. The first-order chi connectivity index (χ1) is 8.81. The Kier molecular flexibility index (Phi) is 4.36. The second-order valence-electron chi connectivity index (χ2n) is 3.84. The molecule has 0 bridgehead atoms. The SMILES string of the molecule is CCNc1ccccc1C(=O)NCc1cccs1. The minimum Gasteiger partial charge on any atom is -0.385 e. The van der Waals surface area contributed by atoms with Crippen molar-refractivity contribution in [2.75, 3.05) is 11.9 Å². The van der Waals surface area contributed by atoms with Crippen molar-refractivity contribution < 1.29 is 4.79 Å². The van der Waals surface area contributed by atoms with E-state index in [0.29, 0.717) is 12.1 Å². The fourth-order valence-electron chi connectivity index (χ4n) is 1.70. The van der Waals surface area contributed by atoms with Gasteiger partial charge in [0.25, 0.3) is 5.91 Å². The van der Waals surface area contributed by atoms with Crippen LogP contribution in [0.5, 0.6) is 0 Å². The number of anilines is 1. The molecule has 1 amide bonds. The second kappa shape index (κ2) is 6.21. The van der Waals surface area contributed by atoms with Crippen molar-refractivity contribution in [3.05, 3.63) is 52.2 Å². The number of para-hydroxylation sites is 1. The van der Waals surface area contributed by atoms with Crippen molar-refractivity contribution in [1.29, 1.82) is 0 Å². The first-order valence-corrected chi connectivity index (χ1v) is 6.82. The van der Waals surface area contributed by atoms with E-state index in [1.165, 1.54) is 0 Å². The summed E-state index contributed by atoms with van der Waals surface area (Å²) in [5.74, 6) is -0.0417. The van der Waals surface area contributed by atoms with Gasteiger partial charge in [-0.1, -0.05) is 18.2 Å². The molecule has 0 fully saturated rings. The molecule has 1 aromatic heterocycles. The van der Waals surface area contributed by atoms with Crippen LogP contribution in [0.3, 0.4) is 0 Å². The normalized spacial score (nSPS) is 10.1. The molecule has 2 rings (SSSR count). The number of hydrogen-bond acceptors (Lipinski definition) is 3. The van der Waals surface area contributed by atoms with E-state index in [0.717, 1.165) is 17.1 Å². The first kappa shape index (κ1) is 12.6. The Hall–Kier alpha value is -1.81. The van der Waals surface area contributed by atoms with E-state index in [1.807, 2.05) is 48.7 Å². The third-order valence-corrected chi connectivity index (χ3v) is 3.42. The fraction of sp³-hybridized carbons (Fsp3) is 0.214. The van der Waals surface area contributed by atoms with Gasteiger partial charge >= 0.3 is 0 Å². The molecule has 0 radical (unpaired) electrons. The van der Waals surface area contributed by atoms with Crippen molar-refractivity contribution in [2.24, 2.45) is 0 Å². The van der Waals surface area contributed by atoms with Crippen molar-refractivity contribution >= 4 is 22.9 Å². The number of carbonyl (C=O) groups excluding carboxylic acids is 1. The van der Waals surface area contributed by atoms with Crippen molar-refractivity contribution in [2.45, 2.75) is 13.5 Å². The van der Waals surface area contributed by atoms with Gasteiger partial charge in [0.05, 0.1) is 12.1 Å². The maximum absolute atomic E-state index is 12.1. The molecule has 18 heavy (non-hydrogen) atoms. The Bertz CT molecular complexity index is 508. The lowest BCUT2D eigenvalue weighted by Gasteiger charge is -2.10. The zero-order valence-electron chi connectivity index (χ0n) is 10.3. The topological polar surface area (TPSA) is 41.1 Å². The average molecular weight is 260 g/mol.